The molecule has 0 saturated carbocycles. The van der Waals surface area contributed by atoms with Crippen LogP contribution < -0.4 is 10.1 Å². The number of rotatable bonds is 7. The van der Waals surface area contributed by atoms with Gasteiger partial charge in [-0.1, -0.05) is 34.1 Å². The smallest absolute Gasteiger partial charge is 0.273 e. The number of nitrogens with one attached hydrogen (secondary N) is 1. The fourth-order valence-corrected chi connectivity index (χ4v) is 2.72. The van der Waals surface area contributed by atoms with E-state index in [9.17, 15) is 14.9 Å². The van der Waals surface area contributed by atoms with Crippen molar-refractivity contribution in [3.05, 3.63) is 62.6 Å². The lowest BCUT2D eigenvalue weighted by atomic mass is 10.2. The van der Waals surface area contributed by atoms with Gasteiger partial charge in [0.05, 0.1) is 30.3 Å². The molecular weight excluding hydrogens is 390 g/mol. The van der Waals surface area contributed by atoms with E-state index < -0.39 is 4.92 Å². The van der Waals surface area contributed by atoms with E-state index in [1.807, 2.05) is 36.2 Å². The summed E-state index contributed by atoms with van der Waals surface area (Å²) in [5, 5.41) is 13.5. The van der Waals surface area contributed by atoms with Gasteiger partial charge in [-0.3, -0.25) is 19.8 Å². The summed E-state index contributed by atoms with van der Waals surface area (Å²) in [6.45, 7) is 0.772. The molecule has 2 aromatic carbocycles. The molecule has 8 heteroatoms. The Kier molecular flexibility index (Phi) is 6.49. The molecule has 0 bridgehead atoms. The van der Waals surface area contributed by atoms with E-state index >= 15 is 0 Å². The number of amides is 1. The van der Waals surface area contributed by atoms with Crippen LogP contribution >= 0.6 is 15.9 Å². The monoisotopic (exact) mass is 407 g/mol. The van der Waals surface area contributed by atoms with Gasteiger partial charge in [0.15, 0.2) is 0 Å². The summed E-state index contributed by atoms with van der Waals surface area (Å²) in [5.41, 5.74) is 1.37. The normalized spacial score (nSPS) is 10.6. The van der Waals surface area contributed by atoms with Crippen LogP contribution in [0.5, 0.6) is 5.75 Å². The molecule has 0 radical (unpaired) electrons. The minimum atomic E-state index is -0.514. The predicted molar refractivity (Wildman–Crippen MR) is 98.8 cm³/mol. The zero-order chi connectivity index (χ0) is 18.4. The summed E-state index contributed by atoms with van der Waals surface area (Å²) < 4.78 is 6.10. The molecular formula is C17H18BrN3O4. The summed E-state index contributed by atoms with van der Waals surface area (Å²) >= 11 is 3.48. The third-order valence-corrected chi connectivity index (χ3v) is 4.26. The highest BCUT2D eigenvalue weighted by molar-refractivity contribution is 9.10. The fraction of sp³-hybridized carbons (Fsp3) is 0.235. The van der Waals surface area contributed by atoms with E-state index in [-0.39, 0.29) is 23.9 Å². The number of carbonyl (C=O) groups is 1. The van der Waals surface area contributed by atoms with E-state index in [0.29, 0.717) is 12.2 Å². The van der Waals surface area contributed by atoms with Crippen molar-refractivity contribution in [2.75, 3.05) is 26.0 Å². The van der Waals surface area contributed by atoms with Crippen molar-refractivity contribution < 1.29 is 14.5 Å². The number of ether oxygens (including phenoxy) is 1. The molecule has 0 aromatic heterocycles. The molecule has 132 valence electrons. The summed E-state index contributed by atoms with van der Waals surface area (Å²) in [4.78, 5) is 24.4. The SMILES string of the molecule is COc1cc([N+](=O)[O-])ccc1NC(=O)CN(C)Cc1ccccc1Br. The van der Waals surface area contributed by atoms with Crippen LogP contribution in [0.2, 0.25) is 0 Å². The van der Waals surface area contributed by atoms with Crippen molar-refractivity contribution in [2.24, 2.45) is 0 Å². The lowest BCUT2D eigenvalue weighted by molar-refractivity contribution is -0.384. The molecule has 0 aliphatic rings. The number of anilines is 1. The maximum Gasteiger partial charge on any atom is 0.273 e. The zero-order valence-electron chi connectivity index (χ0n) is 13.9. The number of nitro benzene ring substituents is 1. The van der Waals surface area contributed by atoms with Gasteiger partial charge in [0.2, 0.25) is 5.91 Å². The Morgan fingerprint density at radius 3 is 2.68 bits per heavy atom. The van der Waals surface area contributed by atoms with Gasteiger partial charge in [0.25, 0.3) is 5.69 Å². The van der Waals surface area contributed by atoms with E-state index in [1.165, 1.54) is 25.3 Å². The van der Waals surface area contributed by atoms with Crippen LogP contribution in [0.25, 0.3) is 0 Å². The first kappa shape index (κ1) is 18.9. The molecule has 0 unspecified atom stereocenters. The van der Waals surface area contributed by atoms with Gasteiger partial charge in [0, 0.05) is 17.1 Å². The number of benzene rings is 2. The van der Waals surface area contributed by atoms with Gasteiger partial charge in [0.1, 0.15) is 5.75 Å². The van der Waals surface area contributed by atoms with E-state index in [2.05, 4.69) is 21.2 Å². The molecule has 2 aromatic rings. The minimum Gasteiger partial charge on any atom is -0.494 e. The van der Waals surface area contributed by atoms with E-state index in [1.54, 1.807) is 0 Å². The number of hydrogen-bond donors (Lipinski definition) is 1. The van der Waals surface area contributed by atoms with Crippen LogP contribution in [0.1, 0.15) is 5.56 Å². The van der Waals surface area contributed by atoms with Crippen LogP contribution in [0, 0.1) is 10.1 Å². The standard InChI is InChI=1S/C17H18BrN3O4/c1-20(10-12-5-3-4-6-14(12)18)11-17(22)19-15-8-7-13(21(23)24)9-16(15)25-2/h3-9H,10-11H2,1-2H3,(H,19,22). The number of nitro groups is 1. The van der Waals surface area contributed by atoms with Crippen LogP contribution in [-0.2, 0) is 11.3 Å². The van der Waals surface area contributed by atoms with Crippen molar-refractivity contribution in [3.63, 3.8) is 0 Å². The van der Waals surface area contributed by atoms with Crippen molar-refractivity contribution in [1.29, 1.82) is 0 Å². The molecule has 0 spiro atoms. The molecule has 7 nitrogen and oxygen atoms in total. The highest BCUT2D eigenvalue weighted by Crippen LogP contribution is 2.29. The lowest BCUT2D eigenvalue weighted by Gasteiger charge is -2.18. The average molecular weight is 408 g/mol. The fourth-order valence-electron chi connectivity index (χ4n) is 2.30. The average Bonchev–Trinajstić information content (AvgIpc) is 2.56. The highest BCUT2D eigenvalue weighted by atomic mass is 79.9. The summed E-state index contributed by atoms with van der Waals surface area (Å²) in [6, 6.07) is 11.9. The van der Waals surface area contributed by atoms with Crippen LogP contribution in [0.4, 0.5) is 11.4 Å². The van der Waals surface area contributed by atoms with Crippen molar-refractivity contribution in [1.82, 2.24) is 4.90 Å². The zero-order valence-corrected chi connectivity index (χ0v) is 15.4. The molecule has 0 fully saturated rings. The Labute approximate surface area is 153 Å². The minimum absolute atomic E-state index is 0.0964. The first-order valence-electron chi connectivity index (χ1n) is 7.45. The summed E-state index contributed by atoms with van der Waals surface area (Å²) in [5.74, 6) is 0.0118. The third-order valence-electron chi connectivity index (χ3n) is 3.48. The molecule has 1 N–H and O–H groups in total. The molecule has 2 rings (SSSR count). The molecule has 0 atom stereocenters. The first-order valence-corrected chi connectivity index (χ1v) is 8.24. The molecule has 0 heterocycles. The summed E-state index contributed by atoms with van der Waals surface area (Å²) in [7, 11) is 3.24. The van der Waals surface area contributed by atoms with Gasteiger partial charge in [-0.25, -0.2) is 0 Å². The second-order valence-corrected chi connectivity index (χ2v) is 6.31. The van der Waals surface area contributed by atoms with Crippen LogP contribution in [0.15, 0.2) is 46.9 Å². The largest absolute Gasteiger partial charge is 0.494 e. The van der Waals surface area contributed by atoms with Crippen molar-refractivity contribution >= 4 is 33.2 Å². The Morgan fingerprint density at radius 1 is 1.32 bits per heavy atom. The molecule has 1 amide bonds. The number of nitrogens with zero attached hydrogens (tertiary/aromatic N) is 2. The van der Waals surface area contributed by atoms with E-state index in [4.69, 9.17) is 4.74 Å². The molecule has 0 saturated heterocycles. The maximum atomic E-state index is 12.2. The van der Waals surface area contributed by atoms with Gasteiger partial charge >= 0.3 is 0 Å². The van der Waals surface area contributed by atoms with Gasteiger partial charge in [-0.05, 0) is 24.7 Å². The number of carbonyl (C=O) groups excluding carboxylic acids is 1. The number of non-ortho nitro benzene ring substituents is 1. The van der Waals surface area contributed by atoms with Crippen molar-refractivity contribution in [2.45, 2.75) is 6.54 Å². The quantitative estimate of drug-likeness (QED) is 0.561. The third kappa shape index (κ3) is 5.27. The molecule has 0 aliphatic carbocycles. The topological polar surface area (TPSA) is 84.7 Å². The Morgan fingerprint density at radius 2 is 2.04 bits per heavy atom. The maximum absolute atomic E-state index is 12.2. The lowest BCUT2D eigenvalue weighted by Crippen LogP contribution is -2.30. The number of likely N-dealkylation sites (N-methyl/N-ethyl adjacent to an activating group) is 1. The second-order valence-electron chi connectivity index (χ2n) is 5.45. The van der Waals surface area contributed by atoms with Crippen LogP contribution in [0.3, 0.4) is 0 Å². The summed E-state index contributed by atoms with van der Waals surface area (Å²) in [6.07, 6.45) is 0. The van der Waals surface area contributed by atoms with Gasteiger partial charge < -0.3 is 10.1 Å². The van der Waals surface area contributed by atoms with E-state index in [0.717, 1.165) is 10.0 Å². The molecule has 25 heavy (non-hydrogen) atoms. The highest BCUT2D eigenvalue weighted by Gasteiger charge is 2.14. The Balaban J connectivity index is 2.00. The van der Waals surface area contributed by atoms with Crippen LogP contribution in [-0.4, -0.2) is 36.4 Å². The number of methoxy groups -OCH3 is 1. The molecule has 0 aliphatic heterocycles. The number of halogens is 1. The van der Waals surface area contributed by atoms with Crippen molar-refractivity contribution in [3.8, 4) is 5.75 Å². The predicted octanol–water partition coefficient (Wildman–Crippen LogP) is 3.44. The second kappa shape index (κ2) is 8.59. The van der Waals surface area contributed by atoms with Gasteiger partial charge in [-0.2, -0.15) is 0 Å². The first-order chi connectivity index (χ1) is 11.9. The van der Waals surface area contributed by atoms with Gasteiger partial charge in [-0.15, -0.1) is 0 Å². The number of hydrogen-bond acceptors (Lipinski definition) is 5. The Bertz CT molecular complexity index is 782. The Hall–Kier alpha value is -2.45.